The van der Waals surface area contributed by atoms with Gasteiger partial charge in [-0.15, -0.1) is 11.8 Å². The fourth-order valence-electron chi connectivity index (χ4n) is 2.50. The lowest BCUT2D eigenvalue weighted by molar-refractivity contribution is 0.130. The maximum atomic E-state index is 5.50. The molecule has 0 saturated heterocycles. The molecule has 22 heavy (non-hydrogen) atoms. The molecule has 0 heterocycles. The van der Waals surface area contributed by atoms with Crippen LogP contribution < -0.4 is 0 Å². The first-order valence-electron chi connectivity index (χ1n) is 9.19. The minimum atomic E-state index is 0.933. The van der Waals surface area contributed by atoms with Crippen molar-refractivity contribution >= 4 is 11.8 Å². The molecule has 0 aliphatic heterocycles. The van der Waals surface area contributed by atoms with Gasteiger partial charge in [0.05, 0.1) is 0 Å². The lowest BCUT2D eigenvalue weighted by atomic mass is 10.1. The van der Waals surface area contributed by atoms with Crippen molar-refractivity contribution in [2.45, 2.75) is 76.0 Å². The van der Waals surface area contributed by atoms with E-state index in [4.69, 9.17) is 4.74 Å². The molecule has 0 N–H and O–H groups in total. The van der Waals surface area contributed by atoms with Crippen LogP contribution in [0.5, 0.6) is 0 Å². The molecular formula is C20H34OS. The van der Waals surface area contributed by atoms with Gasteiger partial charge in [0.15, 0.2) is 0 Å². The van der Waals surface area contributed by atoms with Crippen molar-refractivity contribution < 1.29 is 4.74 Å². The fraction of sp³-hybridized carbons (Fsp3) is 0.700. The highest BCUT2D eigenvalue weighted by molar-refractivity contribution is 7.99. The number of benzene rings is 1. The Morgan fingerprint density at radius 1 is 0.727 bits per heavy atom. The van der Waals surface area contributed by atoms with Crippen LogP contribution in [0.3, 0.4) is 0 Å². The zero-order valence-corrected chi connectivity index (χ0v) is 15.2. The molecule has 1 aromatic carbocycles. The number of rotatable bonds is 15. The fourth-order valence-corrected chi connectivity index (χ4v) is 3.43. The maximum absolute atomic E-state index is 5.50. The minimum absolute atomic E-state index is 0.933. The predicted molar refractivity (Wildman–Crippen MR) is 99.8 cm³/mol. The van der Waals surface area contributed by atoms with Gasteiger partial charge in [0.1, 0.15) is 0 Å². The molecule has 1 aromatic rings. The highest BCUT2D eigenvalue weighted by Gasteiger charge is 1.95. The zero-order valence-electron chi connectivity index (χ0n) is 14.4. The van der Waals surface area contributed by atoms with E-state index in [9.17, 15) is 0 Å². The molecule has 0 amide bonds. The molecule has 0 aromatic heterocycles. The molecule has 1 rings (SSSR count). The zero-order chi connectivity index (χ0) is 15.7. The molecule has 0 bridgehead atoms. The molecule has 0 unspecified atom stereocenters. The third kappa shape index (κ3) is 12.1. The number of thioether (sulfide) groups is 1. The monoisotopic (exact) mass is 322 g/mol. The molecule has 0 aliphatic carbocycles. The van der Waals surface area contributed by atoms with Gasteiger partial charge in [-0.3, -0.25) is 0 Å². The Bertz CT molecular complexity index is 326. The number of ether oxygens (including phenoxy) is 1. The van der Waals surface area contributed by atoms with Gasteiger partial charge in [0.25, 0.3) is 0 Å². The lowest BCUT2D eigenvalue weighted by Gasteiger charge is -2.04. The molecular weight excluding hydrogens is 288 g/mol. The van der Waals surface area contributed by atoms with Crippen LogP contribution in [0.2, 0.25) is 0 Å². The van der Waals surface area contributed by atoms with E-state index in [1.54, 1.807) is 0 Å². The van der Waals surface area contributed by atoms with E-state index in [0.717, 1.165) is 19.6 Å². The van der Waals surface area contributed by atoms with E-state index in [0.29, 0.717) is 0 Å². The Kier molecular flexibility index (Phi) is 13.7. The van der Waals surface area contributed by atoms with Crippen LogP contribution in [0, 0.1) is 0 Å². The summed E-state index contributed by atoms with van der Waals surface area (Å²) >= 11 is 1.99. The van der Waals surface area contributed by atoms with Crippen LogP contribution in [-0.2, 0) is 4.74 Å². The van der Waals surface area contributed by atoms with Crippen LogP contribution in [-0.4, -0.2) is 19.0 Å². The van der Waals surface area contributed by atoms with E-state index in [1.165, 1.54) is 68.4 Å². The average Bonchev–Trinajstić information content (AvgIpc) is 2.56. The van der Waals surface area contributed by atoms with Crippen molar-refractivity contribution in [2.24, 2.45) is 0 Å². The molecule has 126 valence electrons. The van der Waals surface area contributed by atoms with Crippen LogP contribution in [0.1, 0.15) is 71.1 Å². The van der Waals surface area contributed by atoms with Gasteiger partial charge in [-0.25, -0.2) is 0 Å². The molecule has 2 heteroatoms. The minimum Gasteiger partial charge on any atom is -0.381 e. The van der Waals surface area contributed by atoms with Crippen molar-refractivity contribution in [1.29, 1.82) is 0 Å². The van der Waals surface area contributed by atoms with Crippen molar-refractivity contribution in [2.75, 3.05) is 19.0 Å². The Labute approximate surface area is 142 Å². The summed E-state index contributed by atoms with van der Waals surface area (Å²) in [6, 6.07) is 10.7. The Morgan fingerprint density at radius 3 is 1.95 bits per heavy atom. The van der Waals surface area contributed by atoms with Crippen molar-refractivity contribution in [3.63, 3.8) is 0 Å². The van der Waals surface area contributed by atoms with Crippen molar-refractivity contribution in [1.82, 2.24) is 0 Å². The predicted octanol–water partition coefficient (Wildman–Crippen LogP) is 6.72. The van der Waals surface area contributed by atoms with E-state index < -0.39 is 0 Å². The normalized spacial score (nSPS) is 11.0. The number of hydrogen-bond acceptors (Lipinski definition) is 2. The third-order valence-corrected chi connectivity index (χ3v) is 4.89. The topological polar surface area (TPSA) is 9.23 Å². The summed E-state index contributed by atoms with van der Waals surface area (Å²) in [7, 11) is 0. The van der Waals surface area contributed by atoms with Gasteiger partial charge < -0.3 is 4.74 Å². The summed E-state index contributed by atoms with van der Waals surface area (Å²) in [5, 5.41) is 0. The summed E-state index contributed by atoms with van der Waals surface area (Å²) in [6.07, 6.45) is 13.5. The molecule has 0 radical (unpaired) electrons. The maximum Gasteiger partial charge on any atom is 0.0466 e. The average molecular weight is 323 g/mol. The Balaban J connectivity index is 1.73. The van der Waals surface area contributed by atoms with E-state index in [1.807, 2.05) is 11.8 Å². The van der Waals surface area contributed by atoms with Gasteiger partial charge in [0, 0.05) is 18.1 Å². The highest BCUT2D eigenvalue weighted by Crippen LogP contribution is 2.19. The van der Waals surface area contributed by atoms with Gasteiger partial charge in [-0.2, -0.15) is 0 Å². The molecule has 0 atom stereocenters. The molecule has 0 aliphatic rings. The first kappa shape index (κ1) is 19.6. The summed E-state index contributed by atoms with van der Waals surface area (Å²) in [5.74, 6) is 1.27. The van der Waals surface area contributed by atoms with Crippen LogP contribution in [0.25, 0.3) is 0 Å². The van der Waals surface area contributed by atoms with E-state index >= 15 is 0 Å². The molecule has 0 saturated carbocycles. The molecule has 0 spiro atoms. The summed E-state index contributed by atoms with van der Waals surface area (Å²) in [5.41, 5.74) is 0. The van der Waals surface area contributed by atoms with Crippen molar-refractivity contribution in [3.05, 3.63) is 30.3 Å². The molecule has 1 nitrogen and oxygen atoms in total. The van der Waals surface area contributed by atoms with Crippen LogP contribution in [0.15, 0.2) is 35.2 Å². The smallest absolute Gasteiger partial charge is 0.0466 e. The largest absolute Gasteiger partial charge is 0.381 e. The van der Waals surface area contributed by atoms with Gasteiger partial charge in [-0.1, -0.05) is 70.1 Å². The number of hydrogen-bond donors (Lipinski definition) is 0. The van der Waals surface area contributed by atoms with Gasteiger partial charge in [0.2, 0.25) is 0 Å². The van der Waals surface area contributed by atoms with Crippen LogP contribution in [0.4, 0.5) is 0 Å². The second-order valence-corrected chi connectivity index (χ2v) is 7.12. The quantitative estimate of drug-likeness (QED) is 0.262. The van der Waals surface area contributed by atoms with Gasteiger partial charge in [-0.05, 0) is 37.1 Å². The summed E-state index contributed by atoms with van der Waals surface area (Å²) in [4.78, 5) is 1.41. The first-order valence-corrected chi connectivity index (χ1v) is 10.2. The summed E-state index contributed by atoms with van der Waals surface area (Å²) in [6.45, 7) is 4.07. The SMILES string of the molecule is CCCOCCCCCCCCCCCSc1ccccc1. The Hall–Kier alpha value is -0.470. The Morgan fingerprint density at radius 2 is 1.32 bits per heavy atom. The number of unbranched alkanes of at least 4 members (excludes halogenated alkanes) is 8. The third-order valence-electron chi connectivity index (χ3n) is 3.79. The standard InChI is InChI=1S/C20H34OS/c1-2-17-21-18-13-8-6-4-3-5-7-9-14-19-22-20-15-11-10-12-16-20/h10-12,15-16H,2-9,13-14,17-19H2,1H3. The summed E-state index contributed by atoms with van der Waals surface area (Å²) < 4.78 is 5.50. The van der Waals surface area contributed by atoms with Crippen molar-refractivity contribution in [3.8, 4) is 0 Å². The van der Waals surface area contributed by atoms with Crippen LogP contribution >= 0.6 is 11.8 Å². The second-order valence-electron chi connectivity index (χ2n) is 5.96. The van der Waals surface area contributed by atoms with E-state index in [-0.39, 0.29) is 0 Å². The van der Waals surface area contributed by atoms with Gasteiger partial charge >= 0.3 is 0 Å². The second kappa shape index (κ2) is 15.4. The first-order chi connectivity index (χ1) is 10.9. The highest BCUT2D eigenvalue weighted by atomic mass is 32.2. The lowest BCUT2D eigenvalue weighted by Crippen LogP contribution is -1.95. The molecule has 0 fully saturated rings. The van der Waals surface area contributed by atoms with E-state index in [2.05, 4.69) is 37.3 Å².